The highest BCUT2D eigenvalue weighted by atomic mass is 35.5. The Bertz CT molecular complexity index is 1270. The normalized spacial score (nSPS) is 20.7. The number of likely N-dealkylation sites (tertiary alicyclic amines) is 1. The molecule has 1 atom stereocenters. The van der Waals surface area contributed by atoms with Crippen molar-refractivity contribution in [2.45, 2.75) is 37.6 Å². The largest absolute Gasteiger partial charge is 0.493 e. The van der Waals surface area contributed by atoms with E-state index in [1.54, 1.807) is 7.11 Å². The Kier molecular flexibility index (Phi) is 5.87. The molecule has 7 heteroatoms. The van der Waals surface area contributed by atoms with Crippen LogP contribution in [0.1, 0.15) is 42.0 Å². The predicted octanol–water partition coefficient (Wildman–Crippen LogP) is 6.54. The number of hydrogen-bond acceptors (Lipinski definition) is 5. The highest BCUT2D eigenvalue weighted by Gasteiger charge is 2.52. The van der Waals surface area contributed by atoms with Crippen molar-refractivity contribution in [3.63, 3.8) is 0 Å². The molecule has 1 unspecified atom stereocenters. The van der Waals surface area contributed by atoms with E-state index in [9.17, 15) is 0 Å². The fourth-order valence-corrected chi connectivity index (χ4v) is 5.81. The number of halogens is 2. The van der Waals surface area contributed by atoms with Crippen LogP contribution in [0.25, 0.3) is 0 Å². The van der Waals surface area contributed by atoms with Gasteiger partial charge >= 0.3 is 0 Å². The molecule has 0 amide bonds. The van der Waals surface area contributed by atoms with Gasteiger partial charge in [-0.05, 0) is 29.3 Å². The lowest BCUT2D eigenvalue weighted by Gasteiger charge is -2.51. The van der Waals surface area contributed by atoms with E-state index in [2.05, 4.69) is 46.3 Å². The minimum absolute atomic E-state index is 0.0824. The molecule has 1 saturated heterocycles. The molecule has 0 saturated carbocycles. The van der Waals surface area contributed by atoms with Gasteiger partial charge in [0.15, 0.2) is 11.5 Å². The zero-order valence-corrected chi connectivity index (χ0v) is 21.1. The molecule has 0 aliphatic carbocycles. The summed E-state index contributed by atoms with van der Waals surface area (Å²) in [5.41, 5.74) is 3.92. The van der Waals surface area contributed by atoms with Gasteiger partial charge in [-0.3, -0.25) is 4.90 Å². The van der Waals surface area contributed by atoms with Crippen molar-refractivity contribution >= 4 is 28.9 Å². The maximum absolute atomic E-state index is 6.84. The van der Waals surface area contributed by atoms with E-state index in [4.69, 9.17) is 37.8 Å². The lowest BCUT2D eigenvalue weighted by molar-refractivity contribution is -0.151. The van der Waals surface area contributed by atoms with Crippen molar-refractivity contribution in [1.29, 1.82) is 0 Å². The van der Waals surface area contributed by atoms with Crippen molar-refractivity contribution < 1.29 is 9.47 Å². The van der Waals surface area contributed by atoms with Gasteiger partial charge in [0.2, 0.25) is 5.72 Å². The molecule has 0 aromatic heterocycles. The van der Waals surface area contributed by atoms with Gasteiger partial charge in [-0.15, -0.1) is 0 Å². The van der Waals surface area contributed by atoms with Crippen LogP contribution in [-0.2, 0) is 6.54 Å². The van der Waals surface area contributed by atoms with E-state index in [1.165, 1.54) is 5.56 Å². The third kappa shape index (κ3) is 4.06. The van der Waals surface area contributed by atoms with Crippen LogP contribution >= 0.6 is 23.2 Å². The van der Waals surface area contributed by atoms with Crippen LogP contribution in [0, 0.1) is 0 Å². The Hall–Kier alpha value is -2.73. The van der Waals surface area contributed by atoms with Crippen LogP contribution in [0.4, 0.5) is 0 Å². The van der Waals surface area contributed by atoms with Crippen molar-refractivity contribution in [3.05, 3.63) is 93.5 Å². The third-order valence-electron chi connectivity index (χ3n) is 7.35. The van der Waals surface area contributed by atoms with Gasteiger partial charge in [0.1, 0.15) is 0 Å². The van der Waals surface area contributed by atoms with Gasteiger partial charge in [-0.2, -0.15) is 5.10 Å². The molecule has 35 heavy (non-hydrogen) atoms. The summed E-state index contributed by atoms with van der Waals surface area (Å²) in [5, 5.41) is 8.46. The van der Waals surface area contributed by atoms with Crippen molar-refractivity contribution in [1.82, 2.24) is 9.91 Å². The second kappa shape index (κ2) is 9.05. The van der Waals surface area contributed by atoms with Crippen molar-refractivity contribution in [2.24, 2.45) is 5.10 Å². The molecular weight excluding hydrogens is 481 g/mol. The molecular formula is C28H27Cl2N3O2. The lowest BCUT2D eigenvalue weighted by Crippen LogP contribution is -2.59. The number of piperidine rings is 1. The summed E-state index contributed by atoms with van der Waals surface area (Å²) in [5.74, 6) is 1.62. The molecule has 3 aliphatic heterocycles. The van der Waals surface area contributed by atoms with E-state index in [0.717, 1.165) is 67.2 Å². The molecule has 0 radical (unpaired) electrons. The van der Waals surface area contributed by atoms with Crippen LogP contribution in [-0.4, -0.2) is 41.5 Å². The summed E-state index contributed by atoms with van der Waals surface area (Å²) in [6, 6.07) is 22.6. The molecule has 3 aliphatic rings. The molecule has 5 nitrogen and oxygen atoms in total. The maximum atomic E-state index is 6.84. The first kappa shape index (κ1) is 22.7. The Labute approximate surface area is 215 Å². The van der Waals surface area contributed by atoms with Gasteiger partial charge in [-0.25, -0.2) is 5.01 Å². The molecule has 0 bridgehead atoms. The van der Waals surface area contributed by atoms with Crippen LogP contribution in [0.15, 0.2) is 71.8 Å². The first-order chi connectivity index (χ1) is 17.1. The molecule has 3 aromatic rings. The molecule has 180 valence electrons. The first-order valence-electron chi connectivity index (χ1n) is 12.0. The Morgan fingerprint density at radius 1 is 1.00 bits per heavy atom. The number of ether oxygens (including phenoxy) is 2. The third-order valence-corrected chi connectivity index (χ3v) is 8.09. The number of rotatable bonds is 4. The quantitative estimate of drug-likeness (QED) is 0.401. The minimum atomic E-state index is -0.516. The summed E-state index contributed by atoms with van der Waals surface area (Å²) in [6.45, 7) is 2.80. The molecule has 3 heterocycles. The Balaban J connectivity index is 1.34. The SMILES string of the molecule is COc1cccc2c1OC1(CCN(Cc3ccccc3)CC1)N1N=C(c3ccc(Cl)c(Cl)c3)CC21. The zero-order valence-electron chi connectivity index (χ0n) is 19.6. The second-order valence-corrected chi connectivity index (χ2v) is 10.2. The Morgan fingerprint density at radius 3 is 2.54 bits per heavy atom. The minimum Gasteiger partial charge on any atom is -0.493 e. The highest BCUT2D eigenvalue weighted by Crippen LogP contribution is 2.52. The predicted molar refractivity (Wildman–Crippen MR) is 140 cm³/mol. The molecule has 6 rings (SSSR count). The number of nitrogens with zero attached hydrogens (tertiary/aromatic N) is 3. The summed E-state index contributed by atoms with van der Waals surface area (Å²) in [6.07, 6.45) is 2.48. The first-order valence-corrected chi connectivity index (χ1v) is 12.8. The molecule has 1 spiro atoms. The zero-order chi connectivity index (χ0) is 24.0. The fraction of sp³-hybridized carbons (Fsp3) is 0.321. The summed E-state index contributed by atoms with van der Waals surface area (Å²) in [7, 11) is 1.70. The highest BCUT2D eigenvalue weighted by molar-refractivity contribution is 6.42. The number of hydrazone groups is 1. The topological polar surface area (TPSA) is 37.3 Å². The number of methoxy groups -OCH3 is 1. The summed E-state index contributed by atoms with van der Waals surface area (Å²) < 4.78 is 12.6. The van der Waals surface area contributed by atoms with E-state index < -0.39 is 5.72 Å². The van der Waals surface area contributed by atoms with Gasteiger partial charge in [0.25, 0.3) is 0 Å². The maximum Gasteiger partial charge on any atom is 0.200 e. The van der Waals surface area contributed by atoms with E-state index in [-0.39, 0.29) is 6.04 Å². The number of para-hydroxylation sites is 1. The van der Waals surface area contributed by atoms with Crippen LogP contribution in [0.3, 0.4) is 0 Å². The van der Waals surface area contributed by atoms with Crippen molar-refractivity contribution in [3.8, 4) is 11.5 Å². The van der Waals surface area contributed by atoms with Gasteiger partial charge in [-0.1, -0.05) is 71.7 Å². The molecule has 1 fully saturated rings. The van der Waals surface area contributed by atoms with Gasteiger partial charge in [0.05, 0.1) is 28.9 Å². The van der Waals surface area contributed by atoms with E-state index in [1.807, 2.05) is 30.3 Å². The molecule has 0 N–H and O–H groups in total. The van der Waals surface area contributed by atoms with Crippen LogP contribution in [0.2, 0.25) is 10.0 Å². The van der Waals surface area contributed by atoms with Gasteiger partial charge in [0, 0.05) is 44.5 Å². The average molecular weight is 508 g/mol. The number of benzene rings is 3. The summed E-state index contributed by atoms with van der Waals surface area (Å²) >= 11 is 12.5. The molecule has 3 aromatic carbocycles. The van der Waals surface area contributed by atoms with Gasteiger partial charge < -0.3 is 9.47 Å². The lowest BCUT2D eigenvalue weighted by atomic mass is 9.90. The second-order valence-electron chi connectivity index (χ2n) is 9.43. The van der Waals surface area contributed by atoms with E-state index in [0.29, 0.717) is 10.0 Å². The number of fused-ring (bicyclic) bond motifs is 4. The van der Waals surface area contributed by atoms with Crippen LogP contribution in [0.5, 0.6) is 11.5 Å². The van der Waals surface area contributed by atoms with Crippen LogP contribution < -0.4 is 9.47 Å². The van der Waals surface area contributed by atoms with E-state index >= 15 is 0 Å². The Morgan fingerprint density at radius 2 is 1.80 bits per heavy atom. The average Bonchev–Trinajstić information content (AvgIpc) is 3.35. The van der Waals surface area contributed by atoms with Crippen molar-refractivity contribution in [2.75, 3.05) is 20.2 Å². The standard InChI is InChI=1S/C28H27Cl2N3O2/c1-34-26-9-5-8-21-25-17-24(20-10-11-22(29)23(30)16-20)31-33(25)28(35-27(21)26)12-14-32(15-13-28)18-19-6-3-2-4-7-19/h2-11,16,25H,12-15,17-18H2,1H3. The smallest absolute Gasteiger partial charge is 0.200 e. The number of hydrogen-bond donors (Lipinski definition) is 0. The summed E-state index contributed by atoms with van der Waals surface area (Å²) in [4.78, 5) is 2.50. The fourth-order valence-electron chi connectivity index (χ4n) is 5.51. The monoisotopic (exact) mass is 507 g/mol.